The maximum absolute atomic E-state index is 11.9. The molecule has 0 saturated carbocycles. The monoisotopic (exact) mass is 177 g/mol. The summed E-state index contributed by atoms with van der Waals surface area (Å²) < 4.78 is 23.8. The van der Waals surface area contributed by atoms with E-state index in [0.717, 1.165) is 0 Å². The first-order chi connectivity index (χ1) is 5.52. The largest absolute Gasteiger partial charge is 0.504 e. The van der Waals surface area contributed by atoms with Gasteiger partial charge in [-0.1, -0.05) is 0 Å². The van der Waals surface area contributed by atoms with Gasteiger partial charge in [0.05, 0.1) is 5.69 Å². The number of H-pyrrole nitrogens is 1. The van der Waals surface area contributed by atoms with E-state index in [0.29, 0.717) is 6.07 Å². The number of halogens is 2. The zero-order valence-electron chi connectivity index (χ0n) is 5.71. The van der Waals surface area contributed by atoms with Crippen molar-refractivity contribution < 1.29 is 19.0 Å². The van der Waals surface area contributed by atoms with Gasteiger partial charge in [-0.3, -0.25) is 4.79 Å². The van der Waals surface area contributed by atoms with E-state index in [1.54, 1.807) is 4.98 Å². The van der Waals surface area contributed by atoms with Crippen LogP contribution in [0.25, 0.3) is 0 Å². The molecule has 0 aliphatic carbocycles. The van der Waals surface area contributed by atoms with Crippen molar-refractivity contribution in [1.29, 1.82) is 0 Å². The van der Waals surface area contributed by atoms with Crippen molar-refractivity contribution in [2.45, 2.75) is 6.43 Å². The third-order valence-electron chi connectivity index (χ3n) is 1.24. The van der Waals surface area contributed by atoms with Gasteiger partial charge in [-0.2, -0.15) is 0 Å². The lowest BCUT2D eigenvalue weighted by Crippen LogP contribution is -2.08. The molecule has 4 nitrogen and oxygen atoms in total. The van der Waals surface area contributed by atoms with E-state index < -0.39 is 29.2 Å². The number of hydrogen-bond acceptors (Lipinski definition) is 3. The molecule has 0 radical (unpaired) electrons. The first-order valence-corrected chi connectivity index (χ1v) is 2.95. The van der Waals surface area contributed by atoms with E-state index >= 15 is 0 Å². The third-order valence-corrected chi connectivity index (χ3v) is 1.24. The Balaban J connectivity index is 3.31. The van der Waals surface area contributed by atoms with E-state index in [2.05, 4.69) is 0 Å². The minimum atomic E-state index is -2.89. The highest BCUT2D eigenvalue weighted by Gasteiger charge is 2.13. The minimum Gasteiger partial charge on any atom is -0.504 e. The topological polar surface area (TPSA) is 73.3 Å². The van der Waals surface area contributed by atoms with Gasteiger partial charge < -0.3 is 15.2 Å². The van der Waals surface area contributed by atoms with Crippen LogP contribution in [0.4, 0.5) is 8.78 Å². The lowest BCUT2D eigenvalue weighted by molar-refractivity contribution is 0.145. The van der Waals surface area contributed by atoms with Gasteiger partial charge >= 0.3 is 0 Å². The number of hydrogen-bond donors (Lipinski definition) is 3. The SMILES string of the molecule is O=c1[nH]c(C(F)F)cc(O)c1O. The number of rotatable bonds is 1. The molecule has 0 unspecified atom stereocenters. The van der Waals surface area contributed by atoms with Crippen molar-refractivity contribution in [3.8, 4) is 11.5 Å². The molecule has 1 aromatic rings. The van der Waals surface area contributed by atoms with Crippen LogP contribution in [0.2, 0.25) is 0 Å². The molecule has 1 rings (SSSR count). The van der Waals surface area contributed by atoms with Crippen LogP contribution in [-0.2, 0) is 0 Å². The summed E-state index contributed by atoms with van der Waals surface area (Å²) in [5, 5.41) is 17.4. The highest BCUT2D eigenvalue weighted by Crippen LogP contribution is 2.24. The van der Waals surface area contributed by atoms with Gasteiger partial charge in [-0.15, -0.1) is 0 Å². The number of aromatic hydroxyl groups is 2. The predicted octanol–water partition coefficient (Wildman–Crippen LogP) is 0.724. The molecule has 0 fully saturated rings. The second-order valence-corrected chi connectivity index (χ2v) is 2.09. The highest BCUT2D eigenvalue weighted by molar-refractivity contribution is 5.36. The van der Waals surface area contributed by atoms with E-state index in [1.165, 1.54) is 0 Å². The first-order valence-electron chi connectivity index (χ1n) is 2.95. The normalized spacial score (nSPS) is 10.6. The average molecular weight is 177 g/mol. The Bertz CT molecular complexity index is 347. The van der Waals surface area contributed by atoms with Crippen molar-refractivity contribution in [1.82, 2.24) is 4.98 Å². The lowest BCUT2D eigenvalue weighted by atomic mass is 10.3. The predicted molar refractivity (Wildman–Crippen MR) is 35.3 cm³/mol. The first kappa shape index (κ1) is 8.51. The Labute approximate surface area is 65.1 Å². The number of pyridine rings is 1. The molecule has 6 heteroatoms. The maximum Gasteiger partial charge on any atom is 0.294 e. The average Bonchev–Trinajstić information content (AvgIpc) is 1.99. The highest BCUT2D eigenvalue weighted by atomic mass is 19.3. The number of aromatic nitrogens is 1. The maximum atomic E-state index is 11.9. The summed E-state index contributed by atoms with van der Waals surface area (Å²) >= 11 is 0. The fraction of sp³-hybridized carbons (Fsp3) is 0.167. The Morgan fingerprint density at radius 3 is 2.42 bits per heavy atom. The van der Waals surface area contributed by atoms with E-state index in [-0.39, 0.29) is 0 Å². The van der Waals surface area contributed by atoms with Gasteiger partial charge in [0.1, 0.15) is 0 Å². The molecular formula is C6H5F2NO3. The number of aromatic amines is 1. The Kier molecular flexibility index (Phi) is 1.99. The molecule has 0 bridgehead atoms. The third kappa shape index (κ3) is 1.36. The zero-order chi connectivity index (χ0) is 9.30. The second kappa shape index (κ2) is 2.80. The van der Waals surface area contributed by atoms with Crippen molar-refractivity contribution in [2.75, 3.05) is 0 Å². The van der Waals surface area contributed by atoms with Crippen LogP contribution in [0, 0.1) is 0 Å². The summed E-state index contributed by atoms with van der Waals surface area (Å²) in [6, 6.07) is 0.599. The Morgan fingerprint density at radius 1 is 1.42 bits per heavy atom. The number of nitrogens with one attached hydrogen (secondary N) is 1. The van der Waals surface area contributed by atoms with Crippen LogP contribution in [0.3, 0.4) is 0 Å². The molecular weight excluding hydrogens is 172 g/mol. The summed E-state index contributed by atoms with van der Waals surface area (Å²) in [4.78, 5) is 12.3. The fourth-order valence-corrected chi connectivity index (χ4v) is 0.676. The summed E-state index contributed by atoms with van der Waals surface area (Å²) in [5.74, 6) is -1.81. The van der Waals surface area contributed by atoms with Crippen LogP contribution in [-0.4, -0.2) is 15.2 Å². The summed E-state index contributed by atoms with van der Waals surface area (Å²) in [6.45, 7) is 0. The van der Waals surface area contributed by atoms with Gasteiger partial charge in [-0.25, -0.2) is 8.78 Å². The zero-order valence-corrected chi connectivity index (χ0v) is 5.71. The van der Waals surface area contributed by atoms with Gasteiger partial charge in [0.15, 0.2) is 5.75 Å². The van der Waals surface area contributed by atoms with Gasteiger partial charge in [0, 0.05) is 6.07 Å². The van der Waals surface area contributed by atoms with Crippen LogP contribution in [0.1, 0.15) is 12.1 Å². The van der Waals surface area contributed by atoms with Crippen molar-refractivity contribution in [3.63, 3.8) is 0 Å². The molecule has 0 aliphatic heterocycles. The minimum absolute atomic E-state index is 0.599. The lowest BCUT2D eigenvalue weighted by Gasteiger charge is -2.00. The molecule has 0 aromatic carbocycles. The van der Waals surface area contributed by atoms with Crippen LogP contribution in [0.5, 0.6) is 11.5 Å². The molecule has 3 N–H and O–H groups in total. The molecule has 12 heavy (non-hydrogen) atoms. The standard InChI is InChI=1S/C6H5F2NO3/c7-5(8)2-1-3(10)4(11)6(12)9-2/h1,5,11H,(H2,9,10,12). The van der Waals surface area contributed by atoms with Crippen LogP contribution < -0.4 is 5.56 Å². The van der Waals surface area contributed by atoms with E-state index in [4.69, 9.17) is 10.2 Å². The molecule has 0 amide bonds. The smallest absolute Gasteiger partial charge is 0.294 e. The Morgan fingerprint density at radius 2 is 2.00 bits per heavy atom. The van der Waals surface area contributed by atoms with Crippen LogP contribution in [0.15, 0.2) is 10.9 Å². The van der Waals surface area contributed by atoms with Gasteiger partial charge in [0.25, 0.3) is 12.0 Å². The summed E-state index contributed by atoms with van der Waals surface area (Å²) in [5.41, 5.74) is -1.86. The van der Waals surface area contributed by atoms with Crippen LogP contribution >= 0.6 is 0 Å². The molecule has 0 spiro atoms. The van der Waals surface area contributed by atoms with Crippen molar-refractivity contribution in [3.05, 3.63) is 22.1 Å². The molecule has 1 aromatic heterocycles. The van der Waals surface area contributed by atoms with Gasteiger partial charge in [0.2, 0.25) is 5.75 Å². The summed E-state index contributed by atoms with van der Waals surface area (Å²) in [7, 11) is 0. The molecule has 66 valence electrons. The van der Waals surface area contributed by atoms with E-state index in [9.17, 15) is 13.6 Å². The molecule has 0 atom stereocenters. The Hall–Kier alpha value is -1.59. The second-order valence-electron chi connectivity index (χ2n) is 2.09. The fourth-order valence-electron chi connectivity index (χ4n) is 0.676. The number of alkyl halides is 2. The molecule has 0 aliphatic rings. The van der Waals surface area contributed by atoms with Crippen molar-refractivity contribution in [2.24, 2.45) is 0 Å². The summed E-state index contributed by atoms with van der Waals surface area (Å²) in [6.07, 6.45) is -2.89. The van der Waals surface area contributed by atoms with Gasteiger partial charge in [-0.05, 0) is 0 Å². The quantitative estimate of drug-likeness (QED) is 0.591. The van der Waals surface area contributed by atoms with Crippen molar-refractivity contribution >= 4 is 0 Å². The molecule has 0 saturated heterocycles. The van der Waals surface area contributed by atoms with E-state index in [1.807, 2.05) is 0 Å². The molecule has 1 heterocycles.